The Morgan fingerprint density at radius 3 is 2.64 bits per heavy atom. The van der Waals surface area contributed by atoms with E-state index in [1.807, 2.05) is 13.8 Å². The van der Waals surface area contributed by atoms with Crippen molar-refractivity contribution in [3.8, 4) is 16.9 Å². The third-order valence-electron chi connectivity index (χ3n) is 3.80. The topological polar surface area (TPSA) is 80.6 Å². The van der Waals surface area contributed by atoms with Crippen molar-refractivity contribution in [1.82, 2.24) is 14.5 Å². The number of rotatable bonds is 2. The highest BCUT2D eigenvalue weighted by Gasteiger charge is 2.19. The lowest BCUT2D eigenvalue weighted by Crippen LogP contribution is -2.20. The minimum Gasteiger partial charge on any atom is -0.504 e. The van der Waals surface area contributed by atoms with Crippen LogP contribution in [0.15, 0.2) is 27.8 Å². The van der Waals surface area contributed by atoms with Gasteiger partial charge in [0.1, 0.15) is 5.76 Å². The minimum absolute atomic E-state index is 0.0516. The highest BCUT2D eigenvalue weighted by atomic mass is 16.5. The zero-order chi connectivity index (χ0) is 16.0. The molecule has 0 spiro atoms. The van der Waals surface area contributed by atoms with E-state index in [0.717, 1.165) is 5.56 Å². The molecule has 0 unspecified atom stereocenters. The van der Waals surface area contributed by atoms with Gasteiger partial charge in [-0.1, -0.05) is 19.0 Å². The second kappa shape index (κ2) is 4.98. The Balaban J connectivity index is 2.33. The number of nitrogens with zero attached hydrogens (tertiary/aromatic N) is 3. The fraction of sp³-hybridized carbons (Fsp3) is 0.312. The van der Waals surface area contributed by atoms with Gasteiger partial charge in [-0.05, 0) is 25.8 Å². The van der Waals surface area contributed by atoms with Gasteiger partial charge in [0.25, 0.3) is 5.56 Å². The molecule has 0 radical (unpaired) electrons. The summed E-state index contributed by atoms with van der Waals surface area (Å²) in [5.41, 5.74) is 2.63. The van der Waals surface area contributed by atoms with Crippen molar-refractivity contribution < 1.29 is 9.63 Å². The summed E-state index contributed by atoms with van der Waals surface area (Å²) in [7, 11) is 0. The van der Waals surface area contributed by atoms with E-state index >= 15 is 0 Å². The average molecular weight is 299 g/mol. The Kier molecular flexibility index (Phi) is 3.24. The first-order valence-electron chi connectivity index (χ1n) is 7.08. The van der Waals surface area contributed by atoms with Crippen molar-refractivity contribution >= 4 is 5.65 Å². The number of aromatic nitrogens is 3. The van der Waals surface area contributed by atoms with Gasteiger partial charge in [0, 0.05) is 23.5 Å². The van der Waals surface area contributed by atoms with Crippen LogP contribution in [0.25, 0.3) is 16.8 Å². The van der Waals surface area contributed by atoms with Crippen LogP contribution in [0.5, 0.6) is 5.75 Å². The van der Waals surface area contributed by atoms with Gasteiger partial charge < -0.3 is 9.63 Å². The molecular formula is C16H17N3O3. The molecule has 3 rings (SSSR count). The average Bonchev–Trinajstić information content (AvgIpc) is 2.79. The van der Waals surface area contributed by atoms with Crippen LogP contribution in [0.3, 0.4) is 0 Å². The molecule has 0 aliphatic rings. The Hall–Kier alpha value is -2.63. The fourth-order valence-corrected chi connectivity index (χ4v) is 2.61. The molecule has 6 heteroatoms. The van der Waals surface area contributed by atoms with E-state index in [2.05, 4.69) is 10.1 Å². The Morgan fingerprint density at radius 2 is 2.05 bits per heavy atom. The molecule has 0 amide bonds. The molecular weight excluding hydrogens is 282 g/mol. The molecule has 1 N–H and O–H groups in total. The summed E-state index contributed by atoms with van der Waals surface area (Å²) in [4.78, 5) is 16.7. The van der Waals surface area contributed by atoms with Crippen LogP contribution in [0, 0.1) is 13.8 Å². The molecule has 0 aliphatic heterocycles. The first-order valence-corrected chi connectivity index (χ1v) is 7.08. The highest BCUT2D eigenvalue weighted by Crippen LogP contribution is 2.35. The smallest absolute Gasteiger partial charge is 0.261 e. The van der Waals surface area contributed by atoms with E-state index in [1.54, 1.807) is 26.1 Å². The lowest BCUT2D eigenvalue weighted by molar-refractivity contribution is 0.393. The van der Waals surface area contributed by atoms with Crippen LogP contribution >= 0.6 is 0 Å². The van der Waals surface area contributed by atoms with Gasteiger partial charge in [-0.2, -0.15) is 0 Å². The molecule has 6 nitrogen and oxygen atoms in total. The molecule has 0 bridgehead atoms. The monoisotopic (exact) mass is 299 g/mol. The number of aromatic hydroxyl groups is 1. The van der Waals surface area contributed by atoms with Gasteiger partial charge in [-0.3, -0.25) is 9.20 Å². The quantitative estimate of drug-likeness (QED) is 0.787. The summed E-state index contributed by atoms with van der Waals surface area (Å²) >= 11 is 0. The van der Waals surface area contributed by atoms with E-state index in [0.29, 0.717) is 22.6 Å². The van der Waals surface area contributed by atoms with Crippen molar-refractivity contribution in [3.05, 3.63) is 45.8 Å². The largest absolute Gasteiger partial charge is 0.504 e. The van der Waals surface area contributed by atoms with Crippen molar-refractivity contribution in [2.75, 3.05) is 0 Å². The standard InChI is InChI=1S/C16H17N3O3/c1-8(2)12-7-17-15-14(20)11(5-6-19(15)16(12)21)13-9(3)18-22-10(13)4/h5-8,20H,1-4H3. The molecule has 0 aliphatic carbocycles. The molecule has 0 fully saturated rings. The van der Waals surface area contributed by atoms with Crippen molar-refractivity contribution in [2.24, 2.45) is 0 Å². The van der Waals surface area contributed by atoms with Gasteiger partial charge in [0.05, 0.1) is 11.3 Å². The Bertz CT molecular complexity index is 903. The minimum atomic E-state index is -0.166. The summed E-state index contributed by atoms with van der Waals surface area (Å²) in [6.07, 6.45) is 3.15. The van der Waals surface area contributed by atoms with Crippen LogP contribution in [0.2, 0.25) is 0 Å². The van der Waals surface area contributed by atoms with Crippen LogP contribution in [0.4, 0.5) is 0 Å². The van der Waals surface area contributed by atoms with Crippen LogP contribution in [-0.4, -0.2) is 19.6 Å². The molecule has 3 aromatic heterocycles. The van der Waals surface area contributed by atoms with Crippen molar-refractivity contribution in [3.63, 3.8) is 0 Å². The summed E-state index contributed by atoms with van der Waals surface area (Å²) in [6.45, 7) is 7.45. The molecule has 0 atom stereocenters. The maximum atomic E-state index is 12.4. The molecule has 0 saturated carbocycles. The normalized spacial score (nSPS) is 11.5. The third-order valence-corrected chi connectivity index (χ3v) is 3.80. The Morgan fingerprint density at radius 1 is 1.32 bits per heavy atom. The zero-order valence-electron chi connectivity index (χ0n) is 12.9. The molecule has 0 aromatic carbocycles. The third kappa shape index (κ3) is 1.99. The van der Waals surface area contributed by atoms with Gasteiger partial charge in [0.2, 0.25) is 0 Å². The molecule has 114 valence electrons. The van der Waals surface area contributed by atoms with Crippen LogP contribution in [0.1, 0.15) is 36.8 Å². The van der Waals surface area contributed by atoms with E-state index in [4.69, 9.17) is 4.52 Å². The van der Waals surface area contributed by atoms with Gasteiger partial charge in [0.15, 0.2) is 11.4 Å². The number of hydrogen-bond acceptors (Lipinski definition) is 5. The van der Waals surface area contributed by atoms with E-state index in [-0.39, 0.29) is 22.9 Å². The molecule has 0 saturated heterocycles. The summed E-state index contributed by atoms with van der Waals surface area (Å²) in [6, 6.07) is 1.68. The predicted molar refractivity (Wildman–Crippen MR) is 82.2 cm³/mol. The summed E-state index contributed by atoms with van der Waals surface area (Å²) < 4.78 is 6.51. The molecule has 3 aromatic rings. The first kappa shape index (κ1) is 14.3. The maximum Gasteiger partial charge on any atom is 0.261 e. The van der Waals surface area contributed by atoms with E-state index in [9.17, 15) is 9.90 Å². The number of fused-ring (bicyclic) bond motifs is 1. The van der Waals surface area contributed by atoms with Crippen LogP contribution < -0.4 is 5.56 Å². The SMILES string of the molecule is Cc1noc(C)c1-c1ccn2c(=O)c(C(C)C)cnc2c1O. The summed E-state index contributed by atoms with van der Waals surface area (Å²) in [5, 5.41) is 14.4. The van der Waals surface area contributed by atoms with E-state index < -0.39 is 0 Å². The fourth-order valence-electron chi connectivity index (χ4n) is 2.61. The van der Waals surface area contributed by atoms with Crippen molar-refractivity contribution in [1.29, 1.82) is 0 Å². The van der Waals surface area contributed by atoms with Gasteiger partial charge >= 0.3 is 0 Å². The second-order valence-electron chi connectivity index (χ2n) is 5.64. The van der Waals surface area contributed by atoms with Crippen molar-refractivity contribution in [2.45, 2.75) is 33.6 Å². The van der Waals surface area contributed by atoms with E-state index in [1.165, 1.54) is 10.6 Å². The second-order valence-corrected chi connectivity index (χ2v) is 5.64. The summed E-state index contributed by atoms with van der Waals surface area (Å²) in [5.74, 6) is 0.629. The lowest BCUT2D eigenvalue weighted by Gasteiger charge is -2.10. The zero-order valence-corrected chi connectivity index (χ0v) is 12.9. The molecule has 3 heterocycles. The highest BCUT2D eigenvalue weighted by molar-refractivity contribution is 5.79. The molecule has 22 heavy (non-hydrogen) atoms. The Labute approximate surface area is 127 Å². The number of aryl methyl sites for hydroxylation is 2. The predicted octanol–water partition coefficient (Wildman–Crippen LogP) is 2.80. The lowest BCUT2D eigenvalue weighted by atomic mass is 10.0. The maximum absolute atomic E-state index is 12.4. The van der Waals surface area contributed by atoms with Crippen LogP contribution in [-0.2, 0) is 0 Å². The van der Waals surface area contributed by atoms with Gasteiger partial charge in [-0.25, -0.2) is 4.98 Å². The number of hydrogen-bond donors (Lipinski definition) is 1. The number of pyridine rings is 1. The van der Waals surface area contributed by atoms with Gasteiger partial charge in [-0.15, -0.1) is 0 Å². The first-order chi connectivity index (χ1) is 10.4.